The summed E-state index contributed by atoms with van der Waals surface area (Å²) in [5.41, 5.74) is 0.334. The number of nitrogens with one attached hydrogen (secondary N) is 2. The van der Waals surface area contributed by atoms with E-state index in [-0.39, 0.29) is 5.91 Å². The van der Waals surface area contributed by atoms with Crippen LogP contribution in [0.15, 0.2) is 12.1 Å². The van der Waals surface area contributed by atoms with Crippen molar-refractivity contribution in [2.24, 2.45) is 11.8 Å². The van der Waals surface area contributed by atoms with Gasteiger partial charge in [0.05, 0.1) is 5.02 Å². The molecule has 2 saturated carbocycles. The monoisotopic (exact) mass is 307 g/mol. The van der Waals surface area contributed by atoms with Crippen LogP contribution in [0.2, 0.25) is 5.02 Å². The normalized spacial score (nSPS) is 26.9. The molecule has 3 rings (SSSR count). The van der Waals surface area contributed by atoms with Gasteiger partial charge in [-0.15, -0.1) is 0 Å². The second kappa shape index (κ2) is 6.22. The maximum absolute atomic E-state index is 12.4. The number of carbonyl (C=O) groups is 1. The number of aromatic nitrogens is 1. The lowest BCUT2D eigenvalue weighted by atomic mass is 9.95. The molecule has 0 aliphatic heterocycles. The Morgan fingerprint density at radius 1 is 1.38 bits per heavy atom. The smallest absolute Gasteiger partial charge is 0.271 e. The Morgan fingerprint density at radius 3 is 2.90 bits per heavy atom. The Bertz CT molecular complexity index is 534. The van der Waals surface area contributed by atoms with E-state index in [0.717, 1.165) is 25.3 Å². The van der Waals surface area contributed by atoms with E-state index in [1.54, 1.807) is 6.07 Å². The SMILES string of the molecule is CCCNc1ccc(Cl)c(C(=O)NC2CC3CCC2C3)n1. The van der Waals surface area contributed by atoms with Gasteiger partial charge in [-0.25, -0.2) is 4.98 Å². The van der Waals surface area contributed by atoms with Gasteiger partial charge in [0.15, 0.2) is 0 Å². The molecule has 1 heterocycles. The average Bonchev–Trinajstić information content (AvgIpc) is 3.09. The third-order valence-corrected chi connectivity index (χ3v) is 4.98. The van der Waals surface area contributed by atoms with Crippen molar-refractivity contribution < 1.29 is 4.79 Å². The van der Waals surface area contributed by atoms with Crippen molar-refractivity contribution in [1.29, 1.82) is 0 Å². The topological polar surface area (TPSA) is 54.0 Å². The first kappa shape index (κ1) is 14.6. The number of rotatable bonds is 5. The molecule has 2 aliphatic rings. The van der Waals surface area contributed by atoms with E-state index >= 15 is 0 Å². The van der Waals surface area contributed by atoms with Gasteiger partial charge in [0.25, 0.3) is 5.91 Å². The standard InChI is InChI=1S/C16H22ClN3O/c1-2-7-18-14-6-5-12(17)15(20-14)16(21)19-13-9-10-3-4-11(13)8-10/h5-6,10-11,13H,2-4,7-9H2,1H3,(H,18,20)(H,19,21). The van der Waals surface area contributed by atoms with Crippen LogP contribution in [0.1, 0.15) is 49.5 Å². The number of fused-ring (bicyclic) bond motifs is 2. The summed E-state index contributed by atoms with van der Waals surface area (Å²) in [6.07, 6.45) is 5.96. The predicted molar refractivity (Wildman–Crippen MR) is 84.7 cm³/mol. The maximum atomic E-state index is 12.4. The van der Waals surface area contributed by atoms with Gasteiger partial charge in [0.2, 0.25) is 0 Å². The summed E-state index contributed by atoms with van der Waals surface area (Å²) in [5.74, 6) is 2.03. The number of pyridine rings is 1. The van der Waals surface area contributed by atoms with Crippen molar-refractivity contribution in [2.45, 2.75) is 45.1 Å². The van der Waals surface area contributed by atoms with Gasteiger partial charge in [-0.2, -0.15) is 0 Å². The van der Waals surface area contributed by atoms with Gasteiger partial charge in [0.1, 0.15) is 11.5 Å². The molecule has 4 nitrogen and oxygen atoms in total. The van der Waals surface area contributed by atoms with Crippen LogP contribution in [0.4, 0.5) is 5.82 Å². The van der Waals surface area contributed by atoms with E-state index < -0.39 is 0 Å². The fourth-order valence-electron chi connectivity index (χ4n) is 3.61. The molecule has 2 bridgehead atoms. The maximum Gasteiger partial charge on any atom is 0.271 e. The zero-order valence-electron chi connectivity index (χ0n) is 12.4. The Kier molecular flexibility index (Phi) is 4.34. The molecule has 0 saturated heterocycles. The van der Waals surface area contributed by atoms with Gasteiger partial charge < -0.3 is 10.6 Å². The van der Waals surface area contributed by atoms with Crippen molar-refractivity contribution in [2.75, 3.05) is 11.9 Å². The largest absolute Gasteiger partial charge is 0.370 e. The van der Waals surface area contributed by atoms with Gasteiger partial charge in [-0.1, -0.05) is 24.9 Å². The lowest BCUT2D eigenvalue weighted by Gasteiger charge is -2.23. The zero-order chi connectivity index (χ0) is 14.8. The second-order valence-corrected chi connectivity index (χ2v) is 6.62. The highest BCUT2D eigenvalue weighted by Crippen LogP contribution is 2.44. The van der Waals surface area contributed by atoms with Crippen molar-refractivity contribution in [3.05, 3.63) is 22.8 Å². The highest BCUT2D eigenvalue weighted by Gasteiger charge is 2.40. The average molecular weight is 308 g/mol. The minimum atomic E-state index is -0.141. The molecular weight excluding hydrogens is 286 g/mol. The molecule has 0 radical (unpaired) electrons. The fourth-order valence-corrected chi connectivity index (χ4v) is 3.80. The summed E-state index contributed by atoms with van der Waals surface area (Å²) in [6, 6.07) is 3.86. The minimum absolute atomic E-state index is 0.141. The van der Waals surface area contributed by atoms with Crippen LogP contribution in [0.5, 0.6) is 0 Å². The van der Waals surface area contributed by atoms with E-state index in [9.17, 15) is 4.79 Å². The van der Waals surface area contributed by atoms with Crippen molar-refractivity contribution in [3.8, 4) is 0 Å². The van der Waals surface area contributed by atoms with Crippen LogP contribution >= 0.6 is 11.6 Å². The van der Waals surface area contributed by atoms with Crippen LogP contribution in [-0.2, 0) is 0 Å². The molecule has 1 aromatic heterocycles. The highest BCUT2D eigenvalue weighted by molar-refractivity contribution is 6.33. The number of nitrogens with zero attached hydrogens (tertiary/aromatic N) is 1. The molecule has 3 atom stereocenters. The van der Waals surface area contributed by atoms with Crippen LogP contribution in [0.3, 0.4) is 0 Å². The summed E-state index contributed by atoms with van der Waals surface area (Å²) in [4.78, 5) is 16.8. The lowest BCUT2D eigenvalue weighted by Crippen LogP contribution is -2.39. The number of carbonyl (C=O) groups excluding carboxylic acids is 1. The number of hydrogen-bond acceptors (Lipinski definition) is 3. The Labute approximate surface area is 130 Å². The van der Waals surface area contributed by atoms with Crippen molar-refractivity contribution >= 4 is 23.3 Å². The van der Waals surface area contributed by atoms with E-state index in [1.165, 1.54) is 19.3 Å². The third-order valence-electron chi connectivity index (χ3n) is 4.67. The minimum Gasteiger partial charge on any atom is -0.370 e. The molecule has 5 heteroatoms. The third kappa shape index (κ3) is 3.15. The predicted octanol–water partition coefficient (Wildman–Crippen LogP) is 3.48. The molecule has 1 amide bonds. The van der Waals surface area contributed by atoms with Crippen molar-refractivity contribution in [3.63, 3.8) is 0 Å². The molecule has 1 aromatic rings. The molecule has 0 aromatic carbocycles. The fraction of sp³-hybridized carbons (Fsp3) is 0.625. The summed E-state index contributed by atoms with van der Waals surface area (Å²) in [7, 11) is 0. The van der Waals surface area contributed by atoms with Crippen molar-refractivity contribution in [1.82, 2.24) is 10.3 Å². The van der Waals surface area contributed by atoms with E-state index in [1.807, 2.05) is 6.07 Å². The van der Waals surface area contributed by atoms with Crippen LogP contribution in [0.25, 0.3) is 0 Å². The molecule has 2 fully saturated rings. The molecule has 0 spiro atoms. The summed E-state index contributed by atoms with van der Waals surface area (Å²) >= 11 is 6.14. The molecule has 21 heavy (non-hydrogen) atoms. The molecular formula is C16H22ClN3O. The van der Waals surface area contributed by atoms with Crippen LogP contribution in [-0.4, -0.2) is 23.5 Å². The highest BCUT2D eigenvalue weighted by atomic mass is 35.5. The van der Waals surface area contributed by atoms with Gasteiger partial charge in [0, 0.05) is 12.6 Å². The van der Waals surface area contributed by atoms with E-state index in [4.69, 9.17) is 11.6 Å². The van der Waals surface area contributed by atoms with E-state index in [2.05, 4.69) is 22.5 Å². The first-order valence-electron chi connectivity index (χ1n) is 7.88. The number of anilines is 1. The van der Waals surface area contributed by atoms with Crippen LogP contribution in [0, 0.1) is 11.8 Å². The van der Waals surface area contributed by atoms with Gasteiger partial charge in [-0.05, 0) is 49.7 Å². The Balaban J connectivity index is 1.68. The molecule has 3 unspecified atom stereocenters. The van der Waals surface area contributed by atoms with E-state index in [0.29, 0.717) is 28.5 Å². The molecule has 114 valence electrons. The first-order valence-corrected chi connectivity index (χ1v) is 8.26. The Morgan fingerprint density at radius 2 is 2.24 bits per heavy atom. The first-order chi connectivity index (χ1) is 10.2. The quantitative estimate of drug-likeness (QED) is 0.875. The molecule has 2 aliphatic carbocycles. The summed E-state index contributed by atoms with van der Waals surface area (Å²) in [6.45, 7) is 2.92. The number of amides is 1. The van der Waals surface area contributed by atoms with Gasteiger partial charge in [-0.3, -0.25) is 4.79 Å². The summed E-state index contributed by atoms with van der Waals surface area (Å²) < 4.78 is 0. The van der Waals surface area contributed by atoms with Gasteiger partial charge >= 0.3 is 0 Å². The Hall–Kier alpha value is -1.29. The zero-order valence-corrected chi connectivity index (χ0v) is 13.1. The molecule has 2 N–H and O–H groups in total. The second-order valence-electron chi connectivity index (χ2n) is 6.21. The summed E-state index contributed by atoms with van der Waals surface area (Å²) in [5, 5.41) is 6.74. The number of halogens is 1. The lowest BCUT2D eigenvalue weighted by molar-refractivity contribution is 0.0918. The van der Waals surface area contributed by atoms with Crippen LogP contribution < -0.4 is 10.6 Å². The number of hydrogen-bond donors (Lipinski definition) is 2.